The lowest BCUT2D eigenvalue weighted by Crippen LogP contribution is -2.25. The quantitative estimate of drug-likeness (QED) is 0.892. The second-order valence-corrected chi connectivity index (χ2v) is 6.86. The Bertz CT molecular complexity index is 856. The van der Waals surface area contributed by atoms with Crippen molar-refractivity contribution in [2.45, 2.75) is 26.7 Å². The largest absolute Gasteiger partial charge is 0.481 e. The number of carboxylic acids is 1. The van der Waals surface area contributed by atoms with E-state index in [1.54, 1.807) is 6.07 Å². The molecule has 124 valence electrons. The molecule has 2 N–H and O–H groups in total. The molecule has 2 aromatic rings. The lowest BCUT2D eigenvalue weighted by molar-refractivity contribution is -0.141. The number of anilines is 1. The van der Waals surface area contributed by atoms with E-state index in [2.05, 4.69) is 10.3 Å². The van der Waals surface area contributed by atoms with E-state index in [1.165, 1.54) is 0 Å². The Morgan fingerprint density at radius 2 is 2.04 bits per heavy atom. The fourth-order valence-electron chi connectivity index (χ4n) is 2.72. The summed E-state index contributed by atoms with van der Waals surface area (Å²) in [6, 6.07) is 5.47. The van der Waals surface area contributed by atoms with E-state index in [1.807, 2.05) is 26.0 Å². The average Bonchev–Trinajstić information content (AvgIpc) is 2.92. The van der Waals surface area contributed by atoms with Crippen molar-refractivity contribution in [2.24, 2.45) is 5.92 Å². The van der Waals surface area contributed by atoms with Gasteiger partial charge in [0.05, 0.1) is 16.5 Å². The van der Waals surface area contributed by atoms with Crippen LogP contribution in [-0.4, -0.2) is 27.8 Å². The molecule has 0 unspecified atom stereocenters. The molecule has 0 aliphatic heterocycles. The molecule has 1 aliphatic carbocycles. The van der Waals surface area contributed by atoms with Crippen LogP contribution in [0.25, 0.3) is 0 Å². The molecule has 1 amide bonds. The number of amides is 1. The number of nitrogens with zero attached hydrogens (tertiary/aromatic N) is 1. The van der Waals surface area contributed by atoms with E-state index in [0.29, 0.717) is 21.3 Å². The number of nitrogens with one attached hydrogen (secondary N) is 1. The number of hydrogen-bond acceptors (Lipinski definition) is 5. The number of ketones is 1. The lowest BCUT2D eigenvalue weighted by Gasteiger charge is -2.15. The summed E-state index contributed by atoms with van der Waals surface area (Å²) in [7, 11) is 0. The van der Waals surface area contributed by atoms with E-state index >= 15 is 0 Å². The molecule has 1 aromatic carbocycles. The van der Waals surface area contributed by atoms with Gasteiger partial charge in [0.15, 0.2) is 10.9 Å². The van der Waals surface area contributed by atoms with E-state index in [9.17, 15) is 14.4 Å². The van der Waals surface area contributed by atoms with Crippen LogP contribution in [0.5, 0.6) is 0 Å². The minimum atomic E-state index is -0.997. The molecule has 0 saturated heterocycles. The molecule has 0 spiro atoms. The zero-order chi connectivity index (χ0) is 17.4. The summed E-state index contributed by atoms with van der Waals surface area (Å²) in [6.07, 6.45) is 0.196. The predicted octanol–water partition coefficient (Wildman–Crippen LogP) is 2.84. The van der Waals surface area contributed by atoms with Crippen molar-refractivity contribution in [3.8, 4) is 0 Å². The third-order valence-electron chi connectivity index (χ3n) is 4.24. The standard InChI is InChI=1S/C17H16N2O4S/c1-8-4-3-5-11(9(8)2)15(21)19-17-18-12-6-10(16(22)23)7-13(20)14(12)24-17/h3-5,10H,6-7H2,1-2H3,(H,22,23)(H,18,19,21)/t10-/m0/s1. The molecule has 0 fully saturated rings. The predicted molar refractivity (Wildman–Crippen MR) is 89.8 cm³/mol. The second-order valence-electron chi connectivity index (χ2n) is 5.86. The maximum absolute atomic E-state index is 12.4. The van der Waals surface area contributed by atoms with Gasteiger partial charge in [-0.25, -0.2) is 4.98 Å². The SMILES string of the molecule is Cc1cccc(C(=O)Nc2nc3c(s2)C(=O)C[C@@H](C(=O)O)C3)c1C. The molecule has 0 radical (unpaired) electrons. The van der Waals surface area contributed by atoms with Gasteiger partial charge in [-0.3, -0.25) is 19.7 Å². The number of hydrogen-bond donors (Lipinski definition) is 2. The number of carbonyl (C=O) groups excluding carboxylic acids is 2. The van der Waals surface area contributed by atoms with E-state index in [4.69, 9.17) is 5.11 Å². The van der Waals surface area contributed by atoms with Crippen LogP contribution < -0.4 is 5.32 Å². The Morgan fingerprint density at radius 3 is 2.75 bits per heavy atom. The first-order valence-corrected chi connectivity index (χ1v) is 8.31. The number of Topliss-reactive ketones (excluding diaryl/α,β-unsaturated/α-hetero) is 1. The number of benzene rings is 1. The van der Waals surface area contributed by atoms with Crippen LogP contribution in [0.4, 0.5) is 5.13 Å². The lowest BCUT2D eigenvalue weighted by atomic mass is 9.90. The number of rotatable bonds is 3. The van der Waals surface area contributed by atoms with Crippen LogP contribution in [-0.2, 0) is 11.2 Å². The van der Waals surface area contributed by atoms with Crippen molar-refractivity contribution >= 4 is 34.1 Å². The molecule has 6 nitrogen and oxygen atoms in total. The van der Waals surface area contributed by atoms with Gasteiger partial charge in [0.2, 0.25) is 0 Å². The third kappa shape index (κ3) is 2.94. The number of aromatic nitrogens is 1. The maximum atomic E-state index is 12.4. The summed E-state index contributed by atoms with van der Waals surface area (Å²) < 4.78 is 0. The molecule has 1 aromatic heterocycles. The molecular weight excluding hydrogens is 328 g/mol. The first-order valence-electron chi connectivity index (χ1n) is 7.50. The number of fused-ring (bicyclic) bond motifs is 1. The van der Waals surface area contributed by atoms with Gasteiger partial charge in [0, 0.05) is 18.4 Å². The molecule has 3 rings (SSSR count). The van der Waals surface area contributed by atoms with Crippen LogP contribution in [0.2, 0.25) is 0 Å². The fourth-order valence-corrected chi connectivity index (χ4v) is 3.66. The Labute approximate surface area is 142 Å². The third-order valence-corrected chi connectivity index (χ3v) is 5.30. The minimum Gasteiger partial charge on any atom is -0.481 e. The van der Waals surface area contributed by atoms with Crippen LogP contribution in [0, 0.1) is 19.8 Å². The second kappa shape index (κ2) is 6.16. The Balaban J connectivity index is 1.84. The van der Waals surface area contributed by atoms with E-state index in [-0.39, 0.29) is 24.5 Å². The minimum absolute atomic E-state index is 0.0189. The molecule has 0 bridgehead atoms. The maximum Gasteiger partial charge on any atom is 0.307 e. The summed E-state index contributed by atoms with van der Waals surface area (Å²) in [4.78, 5) is 40.3. The van der Waals surface area contributed by atoms with Crippen molar-refractivity contribution in [1.29, 1.82) is 0 Å². The molecule has 7 heteroatoms. The van der Waals surface area contributed by atoms with Crippen LogP contribution >= 0.6 is 11.3 Å². The average molecular weight is 344 g/mol. The van der Waals surface area contributed by atoms with Gasteiger partial charge in [-0.2, -0.15) is 0 Å². The number of carboxylic acid groups (broad SMARTS) is 1. The first-order chi connectivity index (χ1) is 11.4. The van der Waals surface area contributed by atoms with Crippen LogP contribution in [0.3, 0.4) is 0 Å². The highest BCUT2D eigenvalue weighted by Crippen LogP contribution is 2.32. The summed E-state index contributed by atoms with van der Waals surface area (Å²) in [5, 5.41) is 12.1. The van der Waals surface area contributed by atoms with Gasteiger partial charge in [0.1, 0.15) is 0 Å². The highest BCUT2D eigenvalue weighted by atomic mass is 32.1. The highest BCUT2D eigenvalue weighted by molar-refractivity contribution is 7.17. The van der Waals surface area contributed by atoms with Gasteiger partial charge < -0.3 is 5.11 Å². The van der Waals surface area contributed by atoms with Gasteiger partial charge in [-0.15, -0.1) is 0 Å². The number of carbonyl (C=O) groups is 3. The molecule has 1 heterocycles. The molecule has 1 aliphatic rings. The van der Waals surface area contributed by atoms with Crippen molar-refractivity contribution in [3.05, 3.63) is 45.5 Å². The van der Waals surface area contributed by atoms with Crippen LogP contribution in [0.15, 0.2) is 18.2 Å². The monoisotopic (exact) mass is 344 g/mol. The number of aliphatic carboxylic acids is 1. The molecule has 1 atom stereocenters. The topological polar surface area (TPSA) is 96.4 Å². The Morgan fingerprint density at radius 1 is 1.29 bits per heavy atom. The van der Waals surface area contributed by atoms with Crippen molar-refractivity contribution in [3.63, 3.8) is 0 Å². The number of thiazole rings is 1. The molecule has 24 heavy (non-hydrogen) atoms. The summed E-state index contributed by atoms with van der Waals surface area (Å²) in [5.41, 5.74) is 2.91. The Hall–Kier alpha value is -2.54. The number of aryl methyl sites for hydroxylation is 1. The summed E-state index contributed by atoms with van der Waals surface area (Å²) in [6.45, 7) is 3.80. The van der Waals surface area contributed by atoms with Crippen molar-refractivity contribution in [2.75, 3.05) is 5.32 Å². The molecule has 0 saturated carbocycles. The Kier molecular flexibility index (Phi) is 4.19. The smallest absolute Gasteiger partial charge is 0.307 e. The zero-order valence-corrected chi connectivity index (χ0v) is 14.1. The van der Waals surface area contributed by atoms with Crippen LogP contribution in [0.1, 0.15) is 43.3 Å². The summed E-state index contributed by atoms with van der Waals surface area (Å²) in [5.74, 6) is -2.25. The highest BCUT2D eigenvalue weighted by Gasteiger charge is 2.33. The van der Waals surface area contributed by atoms with E-state index < -0.39 is 11.9 Å². The van der Waals surface area contributed by atoms with Gasteiger partial charge in [0.25, 0.3) is 5.91 Å². The van der Waals surface area contributed by atoms with Gasteiger partial charge >= 0.3 is 5.97 Å². The van der Waals surface area contributed by atoms with Gasteiger partial charge in [-0.1, -0.05) is 23.5 Å². The zero-order valence-electron chi connectivity index (χ0n) is 13.3. The van der Waals surface area contributed by atoms with Gasteiger partial charge in [-0.05, 0) is 31.0 Å². The normalized spacial score (nSPS) is 16.6. The first kappa shape index (κ1) is 16.3. The van der Waals surface area contributed by atoms with E-state index in [0.717, 1.165) is 22.5 Å². The molecular formula is C17H16N2O4S. The summed E-state index contributed by atoms with van der Waals surface area (Å²) >= 11 is 1.10. The fraction of sp³-hybridized carbons (Fsp3) is 0.294. The van der Waals surface area contributed by atoms with Crippen molar-refractivity contribution < 1.29 is 19.5 Å². The van der Waals surface area contributed by atoms with Crippen molar-refractivity contribution in [1.82, 2.24) is 4.98 Å².